The van der Waals surface area contributed by atoms with Gasteiger partial charge in [-0.25, -0.2) is 8.42 Å². The van der Waals surface area contributed by atoms with Crippen LogP contribution in [0.15, 0.2) is 9.85 Å². The van der Waals surface area contributed by atoms with Crippen molar-refractivity contribution in [1.29, 1.82) is 0 Å². The summed E-state index contributed by atoms with van der Waals surface area (Å²) in [6.07, 6.45) is 1.89. The number of nitrogens with one attached hydrogen (secondary N) is 1. The number of hydrogen-bond donors (Lipinski definition) is 1. The summed E-state index contributed by atoms with van der Waals surface area (Å²) in [6.45, 7) is 2.04. The fourth-order valence-corrected chi connectivity index (χ4v) is 3.80. The molecule has 1 rings (SSSR count). The Kier molecular flexibility index (Phi) is 4.97. The highest BCUT2D eigenvalue weighted by molar-refractivity contribution is 9.11. The van der Waals surface area contributed by atoms with Crippen molar-refractivity contribution in [2.45, 2.75) is 19.4 Å². The monoisotopic (exact) mass is 325 g/mol. The number of thiophene rings is 1. The fourth-order valence-electron chi connectivity index (χ4n) is 1.42. The second-order valence-electron chi connectivity index (χ2n) is 3.87. The van der Waals surface area contributed by atoms with E-state index in [0.717, 1.165) is 3.79 Å². The van der Waals surface area contributed by atoms with E-state index in [4.69, 9.17) is 0 Å². The van der Waals surface area contributed by atoms with Gasteiger partial charge in [0, 0.05) is 17.2 Å². The van der Waals surface area contributed by atoms with Gasteiger partial charge in [0.1, 0.15) is 9.84 Å². The Morgan fingerprint density at radius 2 is 2.19 bits per heavy atom. The van der Waals surface area contributed by atoms with Crippen molar-refractivity contribution >= 4 is 37.1 Å². The molecule has 1 unspecified atom stereocenters. The topological polar surface area (TPSA) is 46.2 Å². The Balaban J connectivity index is 2.75. The summed E-state index contributed by atoms with van der Waals surface area (Å²) in [5, 5.41) is 3.16. The molecule has 6 heteroatoms. The lowest BCUT2D eigenvalue weighted by Crippen LogP contribution is -2.18. The zero-order valence-electron chi connectivity index (χ0n) is 9.58. The molecule has 92 valence electrons. The van der Waals surface area contributed by atoms with E-state index in [1.54, 1.807) is 11.3 Å². The second-order valence-corrected chi connectivity index (χ2v) is 8.53. The number of halogens is 1. The smallest absolute Gasteiger partial charge is 0.147 e. The summed E-state index contributed by atoms with van der Waals surface area (Å²) >= 11 is 5.13. The van der Waals surface area contributed by atoms with Crippen LogP contribution in [0, 0.1) is 6.92 Å². The van der Waals surface area contributed by atoms with E-state index in [-0.39, 0.29) is 11.8 Å². The van der Waals surface area contributed by atoms with Gasteiger partial charge in [-0.3, -0.25) is 0 Å². The van der Waals surface area contributed by atoms with E-state index in [0.29, 0.717) is 6.42 Å². The molecule has 3 nitrogen and oxygen atoms in total. The Bertz CT molecular complexity index is 434. The molecule has 0 aromatic carbocycles. The minimum absolute atomic E-state index is 0.115. The van der Waals surface area contributed by atoms with Crippen LogP contribution in [0.2, 0.25) is 0 Å². The van der Waals surface area contributed by atoms with Gasteiger partial charge in [-0.1, -0.05) is 0 Å². The first kappa shape index (κ1) is 14.2. The van der Waals surface area contributed by atoms with E-state index >= 15 is 0 Å². The quantitative estimate of drug-likeness (QED) is 0.904. The van der Waals surface area contributed by atoms with Crippen LogP contribution < -0.4 is 5.32 Å². The highest BCUT2D eigenvalue weighted by Gasteiger charge is 2.15. The third-order valence-electron chi connectivity index (χ3n) is 2.35. The van der Waals surface area contributed by atoms with Gasteiger partial charge in [-0.05, 0) is 48.0 Å². The largest absolute Gasteiger partial charge is 0.312 e. The molecule has 1 atom stereocenters. The highest BCUT2D eigenvalue weighted by Crippen LogP contribution is 2.32. The van der Waals surface area contributed by atoms with Crippen molar-refractivity contribution < 1.29 is 8.42 Å². The van der Waals surface area contributed by atoms with Gasteiger partial charge in [0.2, 0.25) is 0 Å². The number of rotatable bonds is 5. The molecule has 0 radical (unpaired) electrons. The molecule has 1 N–H and O–H groups in total. The van der Waals surface area contributed by atoms with Gasteiger partial charge >= 0.3 is 0 Å². The van der Waals surface area contributed by atoms with E-state index in [1.807, 2.05) is 14.0 Å². The van der Waals surface area contributed by atoms with E-state index in [9.17, 15) is 8.42 Å². The molecule has 0 bridgehead atoms. The molecular formula is C10H16BrNO2S2. The van der Waals surface area contributed by atoms with Crippen molar-refractivity contribution in [3.8, 4) is 0 Å². The Morgan fingerprint density at radius 1 is 1.56 bits per heavy atom. The molecule has 0 amide bonds. The summed E-state index contributed by atoms with van der Waals surface area (Å²) in [7, 11) is -1.03. The summed E-state index contributed by atoms with van der Waals surface area (Å²) in [6, 6.07) is 2.21. The third kappa shape index (κ3) is 4.16. The molecule has 0 saturated carbocycles. The Labute approximate surface area is 109 Å². The van der Waals surface area contributed by atoms with Crippen LogP contribution in [0.5, 0.6) is 0 Å². The van der Waals surface area contributed by atoms with Gasteiger partial charge in [-0.2, -0.15) is 0 Å². The Morgan fingerprint density at radius 3 is 2.56 bits per heavy atom. The minimum atomic E-state index is -2.89. The van der Waals surface area contributed by atoms with Crippen molar-refractivity contribution in [2.24, 2.45) is 0 Å². The first-order valence-electron chi connectivity index (χ1n) is 4.94. The Hall–Kier alpha value is 0.0900. The summed E-state index contributed by atoms with van der Waals surface area (Å²) in [4.78, 5) is 1.18. The van der Waals surface area contributed by atoms with E-state index in [2.05, 4.69) is 27.3 Å². The predicted octanol–water partition coefficient (Wildman–Crippen LogP) is 2.51. The summed E-state index contributed by atoms with van der Waals surface area (Å²) < 4.78 is 23.4. The average Bonchev–Trinajstić information content (AvgIpc) is 2.46. The van der Waals surface area contributed by atoms with Crippen molar-refractivity contribution in [2.75, 3.05) is 19.1 Å². The number of hydrogen-bond acceptors (Lipinski definition) is 4. The molecule has 0 aliphatic heterocycles. The zero-order chi connectivity index (χ0) is 12.3. The van der Waals surface area contributed by atoms with Gasteiger partial charge in [0.05, 0.1) is 9.54 Å². The predicted molar refractivity (Wildman–Crippen MR) is 72.9 cm³/mol. The fraction of sp³-hybridized carbons (Fsp3) is 0.600. The molecule has 1 heterocycles. The van der Waals surface area contributed by atoms with Crippen molar-refractivity contribution in [1.82, 2.24) is 5.32 Å². The molecule has 0 fully saturated rings. The molecule has 0 aliphatic carbocycles. The van der Waals surface area contributed by atoms with Crippen LogP contribution in [-0.2, 0) is 9.84 Å². The van der Waals surface area contributed by atoms with E-state index < -0.39 is 9.84 Å². The second kappa shape index (κ2) is 5.62. The molecule has 0 saturated heterocycles. The molecule has 0 spiro atoms. The van der Waals surface area contributed by atoms with Crippen molar-refractivity contribution in [3.63, 3.8) is 0 Å². The van der Waals surface area contributed by atoms with Gasteiger partial charge in [0.25, 0.3) is 0 Å². The third-order valence-corrected chi connectivity index (χ3v) is 5.57. The first-order valence-corrected chi connectivity index (χ1v) is 8.61. The van der Waals surface area contributed by atoms with Crippen molar-refractivity contribution in [3.05, 3.63) is 20.3 Å². The SMILES string of the molecule is CNC(CCS(C)(=O)=O)c1cc(C)c(Br)s1. The molecule has 1 aromatic rings. The summed E-state index contributed by atoms with van der Waals surface area (Å²) in [5.41, 5.74) is 1.19. The standard InChI is InChI=1S/C10H16BrNO2S2/c1-7-6-9(15-10(7)11)8(12-2)4-5-16(3,13)14/h6,8,12H,4-5H2,1-3H3. The lowest BCUT2D eigenvalue weighted by Gasteiger charge is -2.13. The number of sulfone groups is 1. The normalized spacial score (nSPS) is 14.0. The maximum absolute atomic E-state index is 11.1. The molecule has 0 aliphatic rings. The first-order chi connectivity index (χ1) is 7.33. The molecule has 1 aromatic heterocycles. The molecular weight excluding hydrogens is 310 g/mol. The van der Waals surface area contributed by atoms with Crippen LogP contribution in [0.1, 0.15) is 22.9 Å². The lowest BCUT2D eigenvalue weighted by molar-refractivity contribution is 0.564. The van der Waals surface area contributed by atoms with E-state index in [1.165, 1.54) is 16.7 Å². The van der Waals surface area contributed by atoms with Crippen LogP contribution in [-0.4, -0.2) is 27.5 Å². The highest BCUT2D eigenvalue weighted by atomic mass is 79.9. The minimum Gasteiger partial charge on any atom is -0.312 e. The van der Waals surface area contributed by atoms with Crippen LogP contribution in [0.4, 0.5) is 0 Å². The maximum Gasteiger partial charge on any atom is 0.147 e. The zero-order valence-corrected chi connectivity index (χ0v) is 12.8. The van der Waals surface area contributed by atoms with Gasteiger partial charge in [-0.15, -0.1) is 11.3 Å². The summed E-state index contributed by atoms with van der Waals surface area (Å²) in [5.74, 6) is 0.215. The van der Waals surface area contributed by atoms with Crippen LogP contribution in [0.25, 0.3) is 0 Å². The van der Waals surface area contributed by atoms with Gasteiger partial charge in [0.15, 0.2) is 0 Å². The maximum atomic E-state index is 11.1. The average molecular weight is 326 g/mol. The molecule has 16 heavy (non-hydrogen) atoms. The van der Waals surface area contributed by atoms with Crippen LogP contribution >= 0.6 is 27.3 Å². The number of aryl methyl sites for hydroxylation is 1. The van der Waals surface area contributed by atoms with Gasteiger partial charge < -0.3 is 5.32 Å². The van der Waals surface area contributed by atoms with Crippen LogP contribution in [0.3, 0.4) is 0 Å². The lowest BCUT2D eigenvalue weighted by atomic mass is 10.2.